The maximum Gasteiger partial charge on any atom is 0.114 e. The van der Waals surface area contributed by atoms with Gasteiger partial charge in [0.1, 0.15) is 5.82 Å². The van der Waals surface area contributed by atoms with Crippen LogP contribution < -0.4 is 4.90 Å². The molecule has 4 nitrogen and oxygen atoms in total. The normalized spacial score (nSPS) is 12.2. The summed E-state index contributed by atoms with van der Waals surface area (Å²) in [6.07, 6.45) is 4.66. The standard InChI is InChI=1S/C40H28N4/c1-2-37-42-33-19-10-20-35-40(33)44(37)34-22-21-26(24-36(34)43(35)28-13-4-3-5-14-28)38-29-15-6-8-17-31(29)39(27-12-11-23-41-25-27)32-18-9-7-16-30(32)38/h3-25H,2H2,1H3. The zero-order chi connectivity index (χ0) is 29.2. The maximum atomic E-state index is 5.06. The first kappa shape index (κ1) is 24.8. The molecule has 8 aromatic rings. The Balaban J connectivity index is 1.38. The number of aromatic nitrogens is 3. The van der Waals surface area contributed by atoms with Crippen molar-refractivity contribution in [2.45, 2.75) is 13.3 Å². The average Bonchev–Trinajstić information content (AvgIpc) is 3.48. The second-order valence-corrected chi connectivity index (χ2v) is 11.3. The number of para-hydroxylation sites is 2. The number of hydrogen-bond donors (Lipinski definition) is 0. The molecule has 0 fully saturated rings. The van der Waals surface area contributed by atoms with Crippen molar-refractivity contribution in [1.29, 1.82) is 0 Å². The summed E-state index contributed by atoms with van der Waals surface area (Å²) >= 11 is 0. The van der Waals surface area contributed by atoms with Crippen LogP contribution in [-0.2, 0) is 6.42 Å². The highest BCUT2D eigenvalue weighted by Gasteiger charge is 2.29. The van der Waals surface area contributed by atoms with E-state index in [1.165, 1.54) is 38.2 Å². The molecule has 2 aromatic heterocycles. The van der Waals surface area contributed by atoms with E-state index in [-0.39, 0.29) is 0 Å². The highest BCUT2D eigenvalue weighted by atomic mass is 15.2. The molecule has 0 saturated carbocycles. The number of benzene rings is 6. The van der Waals surface area contributed by atoms with Crippen molar-refractivity contribution in [2.24, 2.45) is 0 Å². The Morgan fingerprint density at radius 1 is 0.568 bits per heavy atom. The Labute approximate surface area is 255 Å². The van der Waals surface area contributed by atoms with E-state index in [1.807, 2.05) is 18.5 Å². The predicted molar refractivity (Wildman–Crippen MR) is 182 cm³/mol. The summed E-state index contributed by atoms with van der Waals surface area (Å²) in [6, 6.07) is 45.9. The summed E-state index contributed by atoms with van der Waals surface area (Å²) in [5, 5.41) is 4.90. The summed E-state index contributed by atoms with van der Waals surface area (Å²) in [7, 11) is 0. The van der Waals surface area contributed by atoms with Gasteiger partial charge in [-0.2, -0.15) is 0 Å². The molecule has 9 rings (SSSR count). The number of rotatable bonds is 4. The van der Waals surface area contributed by atoms with Crippen LogP contribution in [0.4, 0.5) is 17.1 Å². The molecular weight excluding hydrogens is 536 g/mol. The molecule has 0 saturated heterocycles. The Morgan fingerprint density at radius 3 is 1.91 bits per heavy atom. The Bertz CT molecular complexity index is 2310. The topological polar surface area (TPSA) is 34.0 Å². The first-order valence-corrected chi connectivity index (χ1v) is 15.2. The summed E-state index contributed by atoms with van der Waals surface area (Å²) in [5.74, 6) is 1.07. The summed E-state index contributed by atoms with van der Waals surface area (Å²) in [4.78, 5) is 11.9. The van der Waals surface area contributed by atoms with Gasteiger partial charge in [-0.05, 0) is 80.7 Å². The van der Waals surface area contributed by atoms with E-state index in [0.717, 1.165) is 51.6 Å². The summed E-state index contributed by atoms with van der Waals surface area (Å²) in [5.41, 5.74) is 11.5. The van der Waals surface area contributed by atoms with Crippen molar-refractivity contribution >= 4 is 49.6 Å². The molecule has 1 aliphatic heterocycles. The lowest BCUT2D eigenvalue weighted by Gasteiger charge is -2.33. The van der Waals surface area contributed by atoms with E-state index in [0.29, 0.717) is 0 Å². The third-order valence-electron chi connectivity index (χ3n) is 8.92. The molecule has 3 heterocycles. The maximum absolute atomic E-state index is 5.06. The fraction of sp³-hybridized carbons (Fsp3) is 0.0500. The van der Waals surface area contributed by atoms with Gasteiger partial charge in [-0.25, -0.2) is 4.98 Å². The van der Waals surface area contributed by atoms with Crippen LogP contribution in [0.3, 0.4) is 0 Å². The minimum Gasteiger partial charge on any atom is -0.306 e. The molecule has 0 N–H and O–H groups in total. The number of imidazole rings is 1. The lowest BCUT2D eigenvalue weighted by atomic mass is 9.86. The molecule has 44 heavy (non-hydrogen) atoms. The van der Waals surface area contributed by atoms with Gasteiger partial charge in [0.25, 0.3) is 0 Å². The molecular formula is C40H28N4. The van der Waals surface area contributed by atoms with E-state index in [4.69, 9.17) is 4.98 Å². The Kier molecular flexibility index (Phi) is 5.44. The number of aryl methyl sites for hydroxylation is 1. The predicted octanol–water partition coefficient (Wildman–Crippen LogP) is 10.4. The van der Waals surface area contributed by atoms with Gasteiger partial charge in [0.15, 0.2) is 0 Å². The SMILES string of the molecule is CCc1nc2cccc3c2n1-c1ccc(-c2c4ccccc4c(-c4cccnc4)c4ccccc24)cc1N3c1ccccc1. The van der Waals surface area contributed by atoms with Crippen LogP contribution in [0.5, 0.6) is 0 Å². The zero-order valence-electron chi connectivity index (χ0n) is 24.3. The quantitative estimate of drug-likeness (QED) is 0.199. The number of pyridine rings is 1. The van der Waals surface area contributed by atoms with Gasteiger partial charge < -0.3 is 4.90 Å². The van der Waals surface area contributed by atoms with Gasteiger partial charge in [0.2, 0.25) is 0 Å². The molecule has 0 unspecified atom stereocenters. The van der Waals surface area contributed by atoms with Crippen LogP contribution in [0.2, 0.25) is 0 Å². The zero-order valence-corrected chi connectivity index (χ0v) is 24.3. The fourth-order valence-corrected chi connectivity index (χ4v) is 7.13. The third-order valence-corrected chi connectivity index (χ3v) is 8.92. The minimum absolute atomic E-state index is 0.853. The molecule has 0 aliphatic carbocycles. The van der Waals surface area contributed by atoms with Gasteiger partial charge >= 0.3 is 0 Å². The molecule has 0 spiro atoms. The van der Waals surface area contributed by atoms with Crippen LogP contribution in [0, 0.1) is 0 Å². The minimum atomic E-state index is 0.853. The van der Waals surface area contributed by atoms with Crippen molar-refractivity contribution in [3.63, 3.8) is 0 Å². The van der Waals surface area contributed by atoms with E-state index in [9.17, 15) is 0 Å². The molecule has 1 aliphatic rings. The monoisotopic (exact) mass is 564 g/mol. The van der Waals surface area contributed by atoms with Gasteiger partial charge in [-0.15, -0.1) is 0 Å². The number of nitrogens with zero attached hydrogens (tertiary/aromatic N) is 4. The first-order chi connectivity index (χ1) is 21.8. The van der Waals surface area contributed by atoms with Gasteiger partial charge in [0.05, 0.1) is 28.1 Å². The Hall–Kier alpha value is -5.74. The molecule has 208 valence electrons. The molecule has 0 atom stereocenters. The fourth-order valence-electron chi connectivity index (χ4n) is 7.13. The highest BCUT2D eigenvalue weighted by molar-refractivity contribution is 6.21. The van der Waals surface area contributed by atoms with E-state index in [2.05, 4.69) is 143 Å². The molecule has 0 bridgehead atoms. The van der Waals surface area contributed by atoms with Crippen LogP contribution in [0.25, 0.3) is 60.5 Å². The third kappa shape index (κ3) is 3.51. The van der Waals surface area contributed by atoms with Crippen LogP contribution in [0.1, 0.15) is 12.7 Å². The lowest BCUT2D eigenvalue weighted by molar-refractivity contribution is 0.900. The molecule has 0 amide bonds. The lowest BCUT2D eigenvalue weighted by Crippen LogP contribution is -2.19. The highest BCUT2D eigenvalue weighted by Crippen LogP contribution is 2.50. The van der Waals surface area contributed by atoms with Gasteiger partial charge in [-0.1, -0.05) is 91.9 Å². The van der Waals surface area contributed by atoms with Crippen LogP contribution in [-0.4, -0.2) is 14.5 Å². The average molecular weight is 565 g/mol. The molecule has 0 radical (unpaired) electrons. The van der Waals surface area contributed by atoms with E-state index < -0.39 is 0 Å². The summed E-state index contributed by atoms with van der Waals surface area (Å²) < 4.78 is 2.37. The molecule has 6 aromatic carbocycles. The largest absolute Gasteiger partial charge is 0.306 e. The van der Waals surface area contributed by atoms with Crippen LogP contribution >= 0.6 is 0 Å². The van der Waals surface area contributed by atoms with Crippen molar-refractivity contribution in [1.82, 2.24) is 14.5 Å². The smallest absolute Gasteiger partial charge is 0.114 e. The second-order valence-electron chi connectivity index (χ2n) is 11.3. The van der Waals surface area contributed by atoms with Crippen molar-refractivity contribution in [2.75, 3.05) is 4.90 Å². The van der Waals surface area contributed by atoms with Gasteiger partial charge in [-0.3, -0.25) is 9.55 Å². The van der Waals surface area contributed by atoms with Crippen molar-refractivity contribution in [3.8, 4) is 27.9 Å². The molecule has 4 heteroatoms. The van der Waals surface area contributed by atoms with E-state index in [1.54, 1.807) is 0 Å². The summed E-state index contributed by atoms with van der Waals surface area (Å²) in [6.45, 7) is 2.18. The van der Waals surface area contributed by atoms with Gasteiger partial charge in [0, 0.05) is 30.1 Å². The number of anilines is 3. The van der Waals surface area contributed by atoms with Crippen molar-refractivity contribution < 1.29 is 0 Å². The second kappa shape index (κ2) is 9.65. The number of fused-ring (bicyclic) bond motifs is 4. The van der Waals surface area contributed by atoms with E-state index >= 15 is 0 Å². The van der Waals surface area contributed by atoms with Crippen LogP contribution in [0.15, 0.2) is 140 Å². The first-order valence-electron chi connectivity index (χ1n) is 15.2. The van der Waals surface area contributed by atoms with Crippen molar-refractivity contribution in [3.05, 3.63) is 146 Å². The Morgan fingerprint density at radius 2 is 1.25 bits per heavy atom. The number of hydrogen-bond acceptors (Lipinski definition) is 3.